The number of carbonyl (C=O) groups is 2. The molecule has 0 aliphatic carbocycles. The van der Waals surface area contributed by atoms with Crippen molar-refractivity contribution in [3.8, 4) is 22.3 Å². The Morgan fingerprint density at radius 3 is 2.19 bits per heavy atom. The summed E-state index contributed by atoms with van der Waals surface area (Å²) in [6.07, 6.45) is -0.126. The van der Waals surface area contributed by atoms with Gasteiger partial charge in [0.25, 0.3) is 5.91 Å². The Morgan fingerprint density at radius 2 is 1.64 bits per heavy atom. The highest BCUT2D eigenvalue weighted by molar-refractivity contribution is 6.06. The van der Waals surface area contributed by atoms with Crippen LogP contribution in [0.5, 0.6) is 0 Å². The van der Waals surface area contributed by atoms with E-state index in [4.69, 9.17) is 0 Å². The zero-order chi connectivity index (χ0) is 26.4. The molecule has 0 saturated carbocycles. The number of carboxylic acids is 1. The lowest BCUT2D eigenvalue weighted by Gasteiger charge is -2.17. The van der Waals surface area contributed by atoms with Crippen molar-refractivity contribution >= 4 is 18.0 Å². The molecule has 0 radical (unpaired) electrons. The summed E-state index contributed by atoms with van der Waals surface area (Å²) in [5, 5.41) is 33.8. The van der Waals surface area contributed by atoms with Crippen molar-refractivity contribution in [3.05, 3.63) is 77.9 Å². The fourth-order valence-electron chi connectivity index (χ4n) is 4.28. The number of hydrogen-bond acceptors (Lipinski definition) is 5. The van der Waals surface area contributed by atoms with E-state index >= 15 is 0 Å². The summed E-state index contributed by atoms with van der Waals surface area (Å²) in [7, 11) is 1.55. The maximum Gasteiger partial charge on any atom is 0.268 e. The Bertz CT molecular complexity index is 1230. The number of halogens is 1. The van der Waals surface area contributed by atoms with Crippen LogP contribution in [0.3, 0.4) is 0 Å². The van der Waals surface area contributed by atoms with Gasteiger partial charge in [-0.1, -0.05) is 48.5 Å². The van der Waals surface area contributed by atoms with Crippen LogP contribution >= 0.6 is 0 Å². The van der Waals surface area contributed by atoms with Gasteiger partial charge in [0.05, 0.1) is 12.2 Å². The summed E-state index contributed by atoms with van der Waals surface area (Å²) >= 11 is 0. The number of amides is 1. The maximum atomic E-state index is 13.8. The number of hydrogen-bond donors (Lipinski definition) is 3. The van der Waals surface area contributed by atoms with Gasteiger partial charge < -0.3 is 30.0 Å². The molecule has 0 saturated heterocycles. The number of benzene rings is 2. The summed E-state index contributed by atoms with van der Waals surface area (Å²) in [5.74, 6) is -2.12. The fourth-order valence-corrected chi connectivity index (χ4v) is 4.28. The number of nitrogens with one attached hydrogen (secondary N) is 1. The number of carbonyl (C=O) groups excluding carboxylic acids is 2. The molecule has 0 unspecified atom stereocenters. The Kier molecular flexibility index (Phi) is 8.79. The van der Waals surface area contributed by atoms with Gasteiger partial charge in [0.15, 0.2) is 0 Å². The van der Waals surface area contributed by atoms with Crippen LogP contribution in [0.4, 0.5) is 4.39 Å². The van der Waals surface area contributed by atoms with Gasteiger partial charge in [0.2, 0.25) is 0 Å². The van der Waals surface area contributed by atoms with Crippen LogP contribution < -0.4 is 10.4 Å². The first-order valence-corrected chi connectivity index (χ1v) is 11.7. The molecular formula is C28H30FN2O5-. The molecule has 3 N–H and O–H groups in total. The highest BCUT2D eigenvalue weighted by Crippen LogP contribution is 2.42. The molecule has 0 fully saturated rings. The highest BCUT2D eigenvalue weighted by atomic mass is 19.1. The van der Waals surface area contributed by atoms with Crippen molar-refractivity contribution in [2.24, 2.45) is 0 Å². The predicted molar refractivity (Wildman–Crippen MR) is 134 cm³/mol. The first kappa shape index (κ1) is 26.8. The lowest BCUT2D eigenvalue weighted by Crippen LogP contribution is -2.29. The van der Waals surface area contributed by atoms with Crippen LogP contribution in [0.15, 0.2) is 60.7 Å². The largest absolute Gasteiger partial charge is 0.550 e. The molecule has 0 aliphatic heterocycles. The van der Waals surface area contributed by atoms with Gasteiger partial charge in [-0.05, 0) is 43.2 Å². The van der Waals surface area contributed by atoms with Gasteiger partial charge in [-0.2, -0.15) is 0 Å². The minimum atomic E-state index is -1.41. The number of aliphatic hydroxyl groups is 2. The van der Waals surface area contributed by atoms with Crippen LogP contribution in [-0.4, -0.2) is 45.9 Å². The van der Waals surface area contributed by atoms with Gasteiger partial charge in [0.1, 0.15) is 11.5 Å². The van der Waals surface area contributed by atoms with E-state index in [1.807, 2.05) is 48.7 Å². The Morgan fingerprint density at radius 1 is 1.03 bits per heavy atom. The second-order valence-electron chi connectivity index (χ2n) is 8.79. The number of rotatable bonds is 10. The zero-order valence-electron chi connectivity index (χ0n) is 20.4. The molecular weight excluding hydrogens is 463 g/mol. The molecule has 0 spiro atoms. The Hall–Kier alpha value is -3.75. The molecule has 7 nitrogen and oxygen atoms in total. The monoisotopic (exact) mass is 493 g/mol. The van der Waals surface area contributed by atoms with Crippen molar-refractivity contribution in [1.82, 2.24) is 9.88 Å². The first-order valence-electron chi connectivity index (χ1n) is 11.7. The van der Waals surface area contributed by atoms with E-state index in [1.54, 1.807) is 25.3 Å². The average molecular weight is 494 g/mol. The summed E-state index contributed by atoms with van der Waals surface area (Å²) < 4.78 is 15.6. The fraction of sp³-hybridized carbons (Fsp3) is 0.286. The highest BCUT2D eigenvalue weighted by Gasteiger charge is 2.28. The van der Waals surface area contributed by atoms with Crippen LogP contribution in [0.2, 0.25) is 0 Å². The van der Waals surface area contributed by atoms with Crippen LogP contribution in [0.1, 0.15) is 48.9 Å². The second-order valence-corrected chi connectivity index (χ2v) is 8.79. The molecule has 1 aromatic heterocycles. The smallest absolute Gasteiger partial charge is 0.268 e. The van der Waals surface area contributed by atoms with E-state index in [0.717, 1.165) is 5.56 Å². The lowest BCUT2D eigenvalue weighted by molar-refractivity contribution is -0.307. The number of aliphatic hydroxyl groups excluding tert-OH is 2. The van der Waals surface area contributed by atoms with Gasteiger partial charge in [0, 0.05) is 48.7 Å². The predicted octanol–water partition coefficient (Wildman–Crippen LogP) is 3.17. The molecule has 0 bridgehead atoms. The van der Waals surface area contributed by atoms with E-state index in [1.165, 1.54) is 18.2 Å². The lowest BCUT2D eigenvalue weighted by atomic mass is 9.94. The molecule has 8 heteroatoms. The van der Waals surface area contributed by atoms with Crippen LogP contribution in [-0.2, 0) is 4.79 Å². The van der Waals surface area contributed by atoms with E-state index < -0.39 is 30.4 Å². The van der Waals surface area contributed by atoms with Crippen LogP contribution in [0, 0.1) is 5.82 Å². The molecule has 2 atom stereocenters. The number of aliphatic carboxylic acids is 1. The normalized spacial score (nSPS) is 13.2. The Labute approximate surface area is 209 Å². The summed E-state index contributed by atoms with van der Waals surface area (Å²) in [5.41, 5.74) is 3.79. The SMILES string of the molecule is CNC(=O)c1c(-c2ccccc2)c(-c2ccc(F)cc2)c(/C=C/[C@@H](O)C[C@@H](O)CC(=O)[O-])n1C(C)C. The third-order valence-electron chi connectivity index (χ3n) is 5.79. The first-order chi connectivity index (χ1) is 17.1. The number of carboxylic acid groups (broad SMARTS) is 1. The minimum Gasteiger partial charge on any atom is -0.550 e. The zero-order valence-corrected chi connectivity index (χ0v) is 20.4. The third kappa shape index (κ3) is 6.08. The Balaban J connectivity index is 2.28. The van der Waals surface area contributed by atoms with E-state index in [2.05, 4.69) is 5.32 Å². The molecule has 3 rings (SSSR count). The number of aromatic nitrogens is 1. The molecule has 1 amide bonds. The summed E-state index contributed by atoms with van der Waals surface area (Å²) in [6.45, 7) is 3.85. The van der Waals surface area contributed by atoms with Crippen molar-refractivity contribution in [2.75, 3.05) is 7.05 Å². The average Bonchev–Trinajstić information content (AvgIpc) is 3.18. The maximum absolute atomic E-state index is 13.8. The van der Waals surface area contributed by atoms with Gasteiger partial charge in [-0.15, -0.1) is 0 Å². The minimum absolute atomic E-state index is 0.172. The summed E-state index contributed by atoms with van der Waals surface area (Å²) in [6, 6.07) is 15.1. The van der Waals surface area contributed by atoms with Crippen molar-refractivity contribution < 1.29 is 29.3 Å². The molecule has 0 aliphatic rings. The second kappa shape index (κ2) is 11.8. The molecule has 190 valence electrons. The standard InChI is InChI=1S/C28H31FN2O5/c1-17(2)31-23(14-13-21(32)15-22(33)16-24(34)35)25(19-9-11-20(29)12-10-19)26(27(31)28(36)30-3)18-7-5-4-6-8-18/h4-14,17,21-22,32-33H,15-16H2,1-3H3,(H,30,36)(H,34,35)/p-1/b14-13+/t21-,22-/m1/s1. The van der Waals surface area contributed by atoms with Gasteiger partial charge in [-0.25, -0.2) is 4.39 Å². The molecule has 2 aromatic carbocycles. The van der Waals surface area contributed by atoms with Gasteiger partial charge in [-0.3, -0.25) is 4.79 Å². The third-order valence-corrected chi connectivity index (χ3v) is 5.79. The van der Waals surface area contributed by atoms with Crippen molar-refractivity contribution in [1.29, 1.82) is 0 Å². The van der Waals surface area contributed by atoms with Crippen molar-refractivity contribution in [3.63, 3.8) is 0 Å². The summed E-state index contributed by atoms with van der Waals surface area (Å²) in [4.78, 5) is 24.0. The van der Waals surface area contributed by atoms with E-state index in [9.17, 15) is 29.3 Å². The quantitative estimate of drug-likeness (QED) is 0.401. The van der Waals surface area contributed by atoms with E-state index in [-0.39, 0.29) is 18.4 Å². The van der Waals surface area contributed by atoms with Crippen LogP contribution in [0.25, 0.3) is 28.3 Å². The molecule has 3 aromatic rings. The van der Waals surface area contributed by atoms with E-state index in [0.29, 0.717) is 28.1 Å². The van der Waals surface area contributed by atoms with Crippen molar-refractivity contribution in [2.45, 2.75) is 44.9 Å². The number of nitrogens with zero attached hydrogens (tertiary/aromatic N) is 1. The molecule has 36 heavy (non-hydrogen) atoms. The molecule has 1 heterocycles. The van der Waals surface area contributed by atoms with Gasteiger partial charge >= 0.3 is 0 Å². The topological polar surface area (TPSA) is 115 Å².